The van der Waals surface area contributed by atoms with Crippen LogP contribution in [0.4, 0.5) is 0 Å². The molecule has 0 spiro atoms. The molecule has 5 nitrogen and oxygen atoms in total. The summed E-state index contributed by atoms with van der Waals surface area (Å²) < 4.78 is 5.18. The van der Waals surface area contributed by atoms with E-state index in [-0.39, 0.29) is 11.9 Å². The molecule has 0 aliphatic carbocycles. The standard InChI is InChI=1S/C23H21N3O2S/c1-28-18-11-9-17(10-12-18)23(27)25-20(14-16-6-3-2-4-7-16)19-15-24-26-22(19)21-8-5-13-29-21/h2-13,15,20H,14H2,1H3,(H,24,26)(H,25,27). The highest BCUT2D eigenvalue weighted by Gasteiger charge is 2.22. The quantitative estimate of drug-likeness (QED) is 0.463. The fraction of sp³-hybridized carbons (Fsp3) is 0.130. The molecule has 0 saturated heterocycles. The van der Waals surface area contributed by atoms with Gasteiger partial charge in [-0.3, -0.25) is 9.89 Å². The lowest BCUT2D eigenvalue weighted by atomic mass is 9.98. The van der Waals surface area contributed by atoms with Crippen molar-refractivity contribution in [3.63, 3.8) is 0 Å². The Balaban J connectivity index is 1.64. The predicted octanol–water partition coefficient (Wildman–Crippen LogP) is 4.86. The summed E-state index contributed by atoms with van der Waals surface area (Å²) in [6, 6.07) is 21.1. The van der Waals surface area contributed by atoms with E-state index in [0.29, 0.717) is 12.0 Å². The molecule has 0 aliphatic rings. The minimum atomic E-state index is -0.220. The van der Waals surface area contributed by atoms with E-state index in [1.54, 1.807) is 42.7 Å². The van der Waals surface area contributed by atoms with Crippen molar-refractivity contribution in [1.29, 1.82) is 0 Å². The van der Waals surface area contributed by atoms with Gasteiger partial charge in [0.1, 0.15) is 11.4 Å². The second kappa shape index (κ2) is 8.75. The summed E-state index contributed by atoms with van der Waals surface area (Å²) in [5.74, 6) is 0.587. The van der Waals surface area contributed by atoms with Gasteiger partial charge in [-0.05, 0) is 47.7 Å². The number of nitrogens with one attached hydrogen (secondary N) is 2. The van der Waals surface area contributed by atoms with Crippen LogP contribution >= 0.6 is 11.3 Å². The molecule has 1 amide bonds. The van der Waals surface area contributed by atoms with Crippen LogP contribution in [0.2, 0.25) is 0 Å². The summed E-state index contributed by atoms with van der Waals surface area (Å²) in [5, 5.41) is 12.6. The molecule has 2 aromatic heterocycles. The molecule has 1 atom stereocenters. The first-order valence-corrected chi connectivity index (χ1v) is 10.2. The van der Waals surface area contributed by atoms with Crippen LogP contribution in [-0.2, 0) is 6.42 Å². The van der Waals surface area contributed by atoms with E-state index >= 15 is 0 Å². The summed E-state index contributed by atoms with van der Waals surface area (Å²) in [6.07, 6.45) is 2.54. The van der Waals surface area contributed by atoms with Crippen molar-refractivity contribution in [3.05, 3.63) is 95.0 Å². The first-order chi connectivity index (χ1) is 14.2. The Morgan fingerprint density at radius 1 is 1.10 bits per heavy atom. The normalized spacial score (nSPS) is 11.8. The lowest BCUT2D eigenvalue weighted by Crippen LogP contribution is -2.30. The zero-order valence-corrected chi connectivity index (χ0v) is 16.8. The number of benzene rings is 2. The van der Waals surface area contributed by atoms with Gasteiger partial charge in [0, 0.05) is 17.3 Å². The second-order valence-electron chi connectivity index (χ2n) is 6.61. The summed E-state index contributed by atoms with van der Waals surface area (Å²) in [6.45, 7) is 0. The van der Waals surface area contributed by atoms with Gasteiger partial charge in [0.2, 0.25) is 0 Å². The van der Waals surface area contributed by atoms with Gasteiger partial charge in [-0.1, -0.05) is 36.4 Å². The van der Waals surface area contributed by atoms with E-state index in [4.69, 9.17) is 4.74 Å². The van der Waals surface area contributed by atoms with Crippen LogP contribution in [0.25, 0.3) is 10.6 Å². The lowest BCUT2D eigenvalue weighted by molar-refractivity contribution is 0.0936. The molecule has 1 unspecified atom stereocenters. The van der Waals surface area contributed by atoms with Crippen molar-refractivity contribution in [2.75, 3.05) is 7.11 Å². The van der Waals surface area contributed by atoms with Gasteiger partial charge in [-0.25, -0.2) is 0 Å². The lowest BCUT2D eigenvalue weighted by Gasteiger charge is -2.19. The van der Waals surface area contributed by atoms with Crippen molar-refractivity contribution in [2.45, 2.75) is 12.5 Å². The monoisotopic (exact) mass is 403 g/mol. The number of rotatable bonds is 7. The maximum absolute atomic E-state index is 13.0. The summed E-state index contributed by atoms with van der Waals surface area (Å²) in [7, 11) is 1.61. The van der Waals surface area contributed by atoms with Gasteiger partial charge in [-0.15, -0.1) is 11.3 Å². The van der Waals surface area contributed by atoms with Crippen molar-refractivity contribution < 1.29 is 9.53 Å². The minimum Gasteiger partial charge on any atom is -0.497 e. The molecule has 4 rings (SSSR count). The van der Waals surface area contributed by atoms with Gasteiger partial charge in [0.25, 0.3) is 5.91 Å². The number of thiophene rings is 1. The van der Waals surface area contributed by atoms with E-state index in [1.165, 1.54) is 0 Å². The third-order valence-electron chi connectivity index (χ3n) is 4.74. The summed E-state index contributed by atoms with van der Waals surface area (Å²) >= 11 is 1.63. The number of carbonyl (C=O) groups excluding carboxylic acids is 1. The topological polar surface area (TPSA) is 67.0 Å². The molecule has 2 heterocycles. The van der Waals surface area contributed by atoms with Crippen molar-refractivity contribution in [3.8, 4) is 16.3 Å². The van der Waals surface area contributed by atoms with Crippen molar-refractivity contribution in [1.82, 2.24) is 15.5 Å². The van der Waals surface area contributed by atoms with E-state index < -0.39 is 0 Å². The molecular formula is C23H21N3O2S. The molecule has 0 fully saturated rings. The highest BCUT2D eigenvalue weighted by molar-refractivity contribution is 7.13. The number of ether oxygens (including phenoxy) is 1. The Bertz CT molecular complexity index is 1060. The first kappa shape index (κ1) is 19.0. The van der Waals surface area contributed by atoms with E-state index in [0.717, 1.165) is 27.4 Å². The van der Waals surface area contributed by atoms with E-state index in [2.05, 4.69) is 27.6 Å². The van der Waals surface area contributed by atoms with Gasteiger partial charge in [-0.2, -0.15) is 5.10 Å². The van der Waals surface area contributed by atoms with Crippen LogP contribution in [-0.4, -0.2) is 23.2 Å². The number of aromatic nitrogens is 2. The molecule has 4 aromatic rings. The van der Waals surface area contributed by atoms with Crippen LogP contribution < -0.4 is 10.1 Å². The number of nitrogens with zero attached hydrogens (tertiary/aromatic N) is 1. The zero-order valence-electron chi connectivity index (χ0n) is 16.0. The Morgan fingerprint density at radius 3 is 2.59 bits per heavy atom. The van der Waals surface area contributed by atoms with Crippen LogP contribution in [0.1, 0.15) is 27.5 Å². The van der Waals surface area contributed by atoms with Crippen molar-refractivity contribution >= 4 is 17.2 Å². The molecule has 29 heavy (non-hydrogen) atoms. The van der Waals surface area contributed by atoms with Gasteiger partial charge in [0.15, 0.2) is 0 Å². The smallest absolute Gasteiger partial charge is 0.251 e. The van der Waals surface area contributed by atoms with Gasteiger partial charge < -0.3 is 10.1 Å². The first-order valence-electron chi connectivity index (χ1n) is 9.31. The Hall–Kier alpha value is -3.38. The molecule has 2 aromatic carbocycles. The van der Waals surface area contributed by atoms with E-state index in [1.807, 2.05) is 41.9 Å². The Morgan fingerprint density at radius 2 is 1.90 bits per heavy atom. The number of carbonyl (C=O) groups is 1. The van der Waals surface area contributed by atoms with Crippen LogP contribution in [0.3, 0.4) is 0 Å². The summed E-state index contributed by atoms with van der Waals surface area (Å²) in [5.41, 5.74) is 3.57. The second-order valence-corrected chi connectivity index (χ2v) is 7.56. The number of amides is 1. The van der Waals surface area contributed by atoms with Crippen LogP contribution in [0, 0.1) is 0 Å². The fourth-order valence-electron chi connectivity index (χ4n) is 3.25. The summed E-state index contributed by atoms with van der Waals surface area (Å²) in [4.78, 5) is 14.0. The fourth-order valence-corrected chi connectivity index (χ4v) is 3.98. The number of hydrogen-bond donors (Lipinski definition) is 2. The molecule has 146 valence electrons. The van der Waals surface area contributed by atoms with Crippen LogP contribution in [0.5, 0.6) is 5.75 Å². The van der Waals surface area contributed by atoms with Gasteiger partial charge >= 0.3 is 0 Å². The molecular weight excluding hydrogens is 382 g/mol. The number of hydrogen-bond acceptors (Lipinski definition) is 4. The average Bonchev–Trinajstić information content (AvgIpc) is 3.45. The van der Waals surface area contributed by atoms with Gasteiger partial charge in [0.05, 0.1) is 18.0 Å². The molecule has 0 radical (unpaired) electrons. The average molecular weight is 404 g/mol. The van der Waals surface area contributed by atoms with Crippen LogP contribution in [0.15, 0.2) is 78.3 Å². The maximum Gasteiger partial charge on any atom is 0.251 e. The van der Waals surface area contributed by atoms with Crippen molar-refractivity contribution in [2.24, 2.45) is 0 Å². The highest BCUT2D eigenvalue weighted by atomic mass is 32.1. The largest absolute Gasteiger partial charge is 0.497 e. The number of aromatic amines is 1. The molecule has 2 N–H and O–H groups in total. The number of H-pyrrole nitrogens is 1. The zero-order chi connectivity index (χ0) is 20.1. The third kappa shape index (κ3) is 4.38. The number of methoxy groups -OCH3 is 1. The highest BCUT2D eigenvalue weighted by Crippen LogP contribution is 2.31. The SMILES string of the molecule is COc1ccc(C(=O)NC(Cc2ccccc2)c2c[nH]nc2-c2cccs2)cc1. The Labute approximate surface area is 173 Å². The maximum atomic E-state index is 13.0. The molecule has 0 bridgehead atoms. The molecule has 6 heteroatoms. The Kier molecular flexibility index (Phi) is 5.72. The third-order valence-corrected chi connectivity index (χ3v) is 5.62. The predicted molar refractivity (Wildman–Crippen MR) is 115 cm³/mol. The molecule has 0 aliphatic heterocycles. The van der Waals surface area contributed by atoms with E-state index in [9.17, 15) is 4.79 Å². The molecule has 0 saturated carbocycles. The minimum absolute atomic E-state index is 0.132.